The van der Waals surface area contributed by atoms with E-state index in [4.69, 9.17) is 11.5 Å². The van der Waals surface area contributed by atoms with Crippen LogP contribution in [0.25, 0.3) is 22.0 Å². The molecule has 0 fully saturated rings. The average Bonchev–Trinajstić information content (AvgIpc) is 2.68. The molecule has 9 nitrogen and oxygen atoms in total. The van der Waals surface area contributed by atoms with Crippen LogP contribution in [0, 0.1) is 0 Å². The van der Waals surface area contributed by atoms with Crippen LogP contribution >= 0.6 is 0 Å². The van der Waals surface area contributed by atoms with E-state index in [0.717, 1.165) is 0 Å². The van der Waals surface area contributed by atoms with Gasteiger partial charge in [0.05, 0.1) is 10.9 Å². The summed E-state index contributed by atoms with van der Waals surface area (Å²) in [4.78, 5) is 22.5. The highest BCUT2D eigenvalue weighted by Gasteiger charge is 2.20. The molecule has 0 spiro atoms. The molecule has 146 valence electrons. The number of benzene rings is 2. The molecule has 0 unspecified atom stereocenters. The van der Waals surface area contributed by atoms with E-state index in [1.807, 2.05) is 0 Å². The van der Waals surface area contributed by atoms with Crippen LogP contribution in [0.4, 0.5) is 17.5 Å². The highest BCUT2D eigenvalue weighted by Crippen LogP contribution is 2.27. The lowest BCUT2D eigenvalue weighted by Crippen LogP contribution is -2.15. The molecule has 0 saturated carbocycles. The molecule has 6 N–H and O–H groups in total. The molecule has 2 aromatic carbocycles. The maximum atomic E-state index is 12.8. The second-order valence-electron chi connectivity index (χ2n) is 6.26. The standard InChI is InChI=1S/C19H16N6O3S/c20-17-16(29(27,28)25-13-4-2-1-3-5-13)9-12(10-22-17)11-6-7-15-14(8-11)18(26)24-19(21)23-15/h1-10,25H,(H2,20,22)(H3,21,23,24,26). The van der Waals surface area contributed by atoms with Crippen molar-refractivity contribution in [2.75, 3.05) is 16.2 Å². The molecule has 0 bridgehead atoms. The van der Waals surface area contributed by atoms with Crippen molar-refractivity contribution in [2.24, 2.45) is 0 Å². The number of nitrogens with zero attached hydrogens (tertiary/aromatic N) is 2. The lowest BCUT2D eigenvalue weighted by atomic mass is 10.1. The number of fused-ring (bicyclic) bond motifs is 1. The van der Waals surface area contributed by atoms with Crippen molar-refractivity contribution in [1.82, 2.24) is 15.0 Å². The highest BCUT2D eigenvalue weighted by molar-refractivity contribution is 7.92. The van der Waals surface area contributed by atoms with E-state index < -0.39 is 15.6 Å². The molecule has 0 atom stereocenters. The largest absolute Gasteiger partial charge is 0.383 e. The number of hydrogen-bond donors (Lipinski definition) is 4. The Bertz CT molecular complexity index is 1380. The fraction of sp³-hybridized carbons (Fsp3) is 0. The monoisotopic (exact) mass is 408 g/mol. The van der Waals surface area contributed by atoms with Gasteiger partial charge in [-0.25, -0.2) is 18.4 Å². The van der Waals surface area contributed by atoms with Gasteiger partial charge in [-0.1, -0.05) is 24.3 Å². The minimum atomic E-state index is -3.97. The minimum absolute atomic E-state index is 0.0183. The van der Waals surface area contributed by atoms with E-state index in [0.29, 0.717) is 27.7 Å². The fourth-order valence-electron chi connectivity index (χ4n) is 2.88. The van der Waals surface area contributed by atoms with Gasteiger partial charge in [-0.15, -0.1) is 0 Å². The molecule has 0 radical (unpaired) electrons. The van der Waals surface area contributed by atoms with Crippen molar-refractivity contribution >= 4 is 38.4 Å². The molecule has 0 amide bonds. The van der Waals surface area contributed by atoms with Crippen molar-refractivity contribution in [3.05, 3.63) is 71.1 Å². The SMILES string of the molecule is Nc1nc2ccc(-c3cnc(N)c(S(=O)(=O)Nc4ccccc4)c3)cc2c(=O)[nH]1. The summed E-state index contributed by atoms with van der Waals surface area (Å²) < 4.78 is 28.1. The van der Waals surface area contributed by atoms with Crippen molar-refractivity contribution in [3.8, 4) is 11.1 Å². The predicted octanol–water partition coefficient (Wildman–Crippen LogP) is 1.95. The number of aromatic amines is 1. The van der Waals surface area contributed by atoms with Gasteiger partial charge < -0.3 is 11.5 Å². The van der Waals surface area contributed by atoms with Crippen molar-refractivity contribution in [2.45, 2.75) is 4.90 Å². The van der Waals surface area contributed by atoms with Crippen molar-refractivity contribution in [1.29, 1.82) is 0 Å². The predicted molar refractivity (Wildman–Crippen MR) is 112 cm³/mol. The van der Waals surface area contributed by atoms with Crippen LogP contribution < -0.4 is 21.7 Å². The fourth-order valence-corrected chi connectivity index (χ4v) is 4.05. The summed E-state index contributed by atoms with van der Waals surface area (Å²) in [6.07, 6.45) is 1.44. The normalized spacial score (nSPS) is 11.4. The maximum Gasteiger partial charge on any atom is 0.265 e. The van der Waals surface area contributed by atoms with E-state index >= 15 is 0 Å². The van der Waals surface area contributed by atoms with Gasteiger partial charge in [0, 0.05) is 17.4 Å². The number of sulfonamides is 1. The zero-order valence-electron chi connectivity index (χ0n) is 15.0. The second-order valence-corrected chi connectivity index (χ2v) is 7.91. The molecular formula is C19H16N6O3S. The van der Waals surface area contributed by atoms with Crippen LogP contribution in [0.2, 0.25) is 0 Å². The summed E-state index contributed by atoms with van der Waals surface area (Å²) in [5.41, 5.74) is 12.9. The van der Waals surface area contributed by atoms with E-state index in [-0.39, 0.29) is 16.7 Å². The maximum absolute atomic E-state index is 12.8. The quantitative estimate of drug-likeness (QED) is 0.402. The number of rotatable bonds is 4. The lowest BCUT2D eigenvalue weighted by Gasteiger charge is -2.11. The van der Waals surface area contributed by atoms with Crippen LogP contribution in [0.15, 0.2) is 70.5 Å². The molecule has 29 heavy (non-hydrogen) atoms. The number of nitrogens with two attached hydrogens (primary N) is 2. The van der Waals surface area contributed by atoms with Crippen molar-refractivity contribution < 1.29 is 8.42 Å². The molecule has 4 rings (SSSR count). The van der Waals surface area contributed by atoms with E-state index in [2.05, 4.69) is 19.7 Å². The van der Waals surface area contributed by atoms with Crippen LogP contribution in [0.1, 0.15) is 0 Å². The number of hydrogen-bond acceptors (Lipinski definition) is 7. The van der Waals surface area contributed by atoms with E-state index in [1.165, 1.54) is 12.3 Å². The molecule has 0 aliphatic heterocycles. The summed E-state index contributed by atoms with van der Waals surface area (Å²) in [7, 11) is -3.97. The van der Waals surface area contributed by atoms with Gasteiger partial charge in [0.1, 0.15) is 10.7 Å². The lowest BCUT2D eigenvalue weighted by molar-refractivity contribution is 0.601. The first-order chi connectivity index (χ1) is 13.8. The first-order valence-corrected chi connectivity index (χ1v) is 9.95. The van der Waals surface area contributed by atoms with Crippen LogP contribution in [-0.2, 0) is 10.0 Å². The zero-order chi connectivity index (χ0) is 20.6. The zero-order valence-corrected chi connectivity index (χ0v) is 15.8. The molecule has 2 aromatic heterocycles. The highest BCUT2D eigenvalue weighted by atomic mass is 32.2. The number of para-hydroxylation sites is 1. The molecule has 10 heteroatoms. The Kier molecular flexibility index (Phi) is 4.40. The van der Waals surface area contributed by atoms with Crippen molar-refractivity contribution in [3.63, 3.8) is 0 Å². The Labute approximate surface area is 165 Å². The summed E-state index contributed by atoms with van der Waals surface area (Å²) in [5.74, 6) is -0.116. The third-order valence-electron chi connectivity index (χ3n) is 4.25. The van der Waals surface area contributed by atoms with Gasteiger partial charge in [-0.2, -0.15) is 0 Å². The first-order valence-electron chi connectivity index (χ1n) is 8.47. The molecule has 0 saturated heterocycles. The number of H-pyrrole nitrogens is 1. The molecular weight excluding hydrogens is 392 g/mol. The van der Waals surface area contributed by atoms with Gasteiger partial charge >= 0.3 is 0 Å². The molecule has 0 aliphatic carbocycles. The molecule has 2 heterocycles. The Balaban J connectivity index is 1.79. The van der Waals surface area contributed by atoms with Gasteiger partial charge in [-0.05, 0) is 35.9 Å². The number of nitrogen functional groups attached to an aromatic ring is 2. The van der Waals surface area contributed by atoms with E-state index in [9.17, 15) is 13.2 Å². The Morgan fingerprint density at radius 3 is 2.48 bits per heavy atom. The van der Waals surface area contributed by atoms with Crippen LogP contribution in [0.5, 0.6) is 0 Å². The topological polar surface area (TPSA) is 157 Å². The Morgan fingerprint density at radius 2 is 1.72 bits per heavy atom. The number of anilines is 3. The number of nitrogens with one attached hydrogen (secondary N) is 2. The minimum Gasteiger partial charge on any atom is -0.383 e. The van der Waals surface area contributed by atoms with Crippen LogP contribution in [-0.4, -0.2) is 23.4 Å². The number of aromatic nitrogens is 3. The van der Waals surface area contributed by atoms with Gasteiger partial charge in [0.15, 0.2) is 0 Å². The summed E-state index contributed by atoms with van der Waals surface area (Å²) in [6.45, 7) is 0. The summed E-state index contributed by atoms with van der Waals surface area (Å²) in [6, 6.07) is 14.8. The molecule has 0 aliphatic rings. The second kappa shape index (κ2) is 6.91. The summed E-state index contributed by atoms with van der Waals surface area (Å²) in [5, 5.41) is 0.320. The number of pyridine rings is 1. The average molecular weight is 408 g/mol. The van der Waals surface area contributed by atoms with Gasteiger partial charge in [-0.3, -0.25) is 14.5 Å². The van der Waals surface area contributed by atoms with E-state index in [1.54, 1.807) is 48.5 Å². The Morgan fingerprint density at radius 1 is 0.966 bits per heavy atom. The van der Waals surface area contributed by atoms with Gasteiger partial charge in [0.2, 0.25) is 5.95 Å². The Hall–Kier alpha value is -3.92. The molecule has 4 aromatic rings. The third-order valence-corrected chi connectivity index (χ3v) is 5.66. The van der Waals surface area contributed by atoms with Gasteiger partial charge in [0.25, 0.3) is 15.6 Å². The third kappa shape index (κ3) is 3.60. The smallest absolute Gasteiger partial charge is 0.265 e. The first kappa shape index (κ1) is 18.4. The van der Waals surface area contributed by atoms with Crippen LogP contribution in [0.3, 0.4) is 0 Å². The summed E-state index contributed by atoms with van der Waals surface area (Å²) >= 11 is 0.